The van der Waals surface area contributed by atoms with Crippen molar-refractivity contribution in [1.29, 1.82) is 0 Å². The Morgan fingerprint density at radius 1 is 1.50 bits per heavy atom. The lowest BCUT2D eigenvalue weighted by Gasteiger charge is -2.22. The first-order valence-corrected chi connectivity index (χ1v) is 8.55. The van der Waals surface area contributed by atoms with Gasteiger partial charge in [-0.25, -0.2) is 0 Å². The summed E-state index contributed by atoms with van der Waals surface area (Å²) in [7, 11) is 0. The summed E-state index contributed by atoms with van der Waals surface area (Å²) in [5.74, 6) is 0.836. The Morgan fingerprint density at radius 3 is 3.10 bits per heavy atom. The number of rotatable bonds is 3. The minimum absolute atomic E-state index is 0.0834. The van der Waals surface area contributed by atoms with Crippen LogP contribution in [-0.2, 0) is 17.6 Å². The molecule has 2 heterocycles. The largest absolute Gasteiger partial charge is 0.376 e. The molecule has 0 saturated carbocycles. The molecule has 1 fully saturated rings. The molecule has 1 saturated heterocycles. The van der Waals surface area contributed by atoms with Crippen molar-refractivity contribution in [3.05, 3.63) is 21.4 Å². The van der Waals surface area contributed by atoms with Crippen LogP contribution in [0, 0.1) is 5.92 Å². The molecule has 1 aromatic rings. The number of hydrogen-bond acceptors (Lipinski definition) is 3. The van der Waals surface area contributed by atoms with Crippen LogP contribution in [0.15, 0.2) is 5.38 Å². The maximum Gasteiger partial charge on any atom is 0.252 e. The number of carbonyl (C=O) groups is 1. The highest BCUT2D eigenvalue weighted by molar-refractivity contribution is 7.10. The van der Waals surface area contributed by atoms with E-state index in [1.165, 1.54) is 16.9 Å². The van der Waals surface area contributed by atoms with E-state index in [-0.39, 0.29) is 18.1 Å². The van der Waals surface area contributed by atoms with Gasteiger partial charge in [-0.2, -0.15) is 0 Å². The average Bonchev–Trinajstić information content (AvgIpc) is 3.07. The number of carbonyl (C=O) groups excluding carboxylic acids is 1. The standard InChI is InChI=1S/C16H23NO2S/c1-10-5-6-12-13(9-20-15(12)8-10)16(18)17-11(2)14-4-3-7-19-14/h9-11,14H,3-8H2,1-2H3,(H,17,18)/t10-,11+,14-/m0/s1. The summed E-state index contributed by atoms with van der Waals surface area (Å²) in [6.07, 6.45) is 5.74. The van der Waals surface area contributed by atoms with E-state index < -0.39 is 0 Å². The predicted molar refractivity (Wildman–Crippen MR) is 81.4 cm³/mol. The van der Waals surface area contributed by atoms with E-state index >= 15 is 0 Å². The molecule has 1 aliphatic heterocycles. The van der Waals surface area contributed by atoms with Gasteiger partial charge in [-0.05, 0) is 50.5 Å². The average molecular weight is 293 g/mol. The van der Waals surface area contributed by atoms with Crippen molar-refractivity contribution in [2.24, 2.45) is 5.92 Å². The highest BCUT2D eigenvalue weighted by Gasteiger charge is 2.27. The molecular weight excluding hydrogens is 270 g/mol. The molecule has 0 radical (unpaired) electrons. The number of ether oxygens (including phenoxy) is 1. The van der Waals surface area contributed by atoms with Gasteiger partial charge in [0, 0.05) is 16.9 Å². The van der Waals surface area contributed by atoms with Crippen LogP contribution >= 0.6 is 11.3 Å². The first-order chi connectivity index (χ1) is 9.65. The van der Waals surface area contributed by atoms with E-state index in [0.29, 0.717) is 0 Å². The second-order valence-electron chi connectivity index (χ2n) is 6.21. The lowest BCUT2D eigenvalue weighted by molar-refractivity contribution is 0.0712. The molecule has 3 nitrogen and oxygen atoms in total. The van der Waals surface area contributed by atoms with E-state index in [4.69, 9.17) is 4.74 Å². The van der Waals surface area contributed by atoms with E-state index in [0.717, 1.165) is 43.8 Å². The molecule has 0 spiro atoms. The maximum absolute atomic E-state index is 12.5. The van der Waals surface area contributed by atoms with Gasteiger partial charge in [0.15, 0.2) is 0 Å². The molecule has 0 aromatic carbocycles. The van der Waals surface area contributed by atoms with Crippen LogP contribution in [0.25, 0.3) is 0 Å². The zero-order chi connectivity index (χ0) is 14.1. The van der Waals surface area contributed by atoms with E-state index in [2.05, 4.69) is 19.2 Å². The quantitative estimate of drug-likeness (QED) is 0.929. The minimum atomic E-state index is 0.0834. The van der Waals surface area contributed by atoms with Crippen LogP contribution in [0.2, 0.25) is 0 Å². The molecule has 2 aliphatic rings. The van der Waals surface area contributed by atoms with Crippen LogP contribution < -0.4 is 5.32 Å². The molecule has 20 heavy (non-hydrogen) atoms. The molecule has 1 N–H and O–H groups in total. The summed E-state index contributed by atoms with van der Waals surface area (Å²) in [4.78, 5) is 13.9. The maximum atomic E-state index is 12.5. The molecule has 110 valence electrons. The van der Waals surface area contributed by atoms with Gasteiger partial charge >= 0.3 is 0 Å². The first-order valence-electron chi connectivity index (χ1n) is 7.67. The van der Waals surface area contributed by atoms with Gasteiger partial charge in [-0.3, -0.25) is 4.79 Å². The van der Waals surface area contributed by atoms with Gasteiger partial charge in [0.2, 0.25) is 0 Å². The minimum Gasteiger partial charge on any atom is -0.376 e. The summed E-state index contributed by atoms with van der Waals surface area (Å²) in [5.41, 5.74) is 2.20. The fourth-order valence-electron chi connectivity index (χ4n) is 3.24. The van der Waals surface area contributed by atoms with Gasteiger partial charge < -0.3 is 10.1 Å². The number of amides is 1. The van der Waals surface area contributed by atoms with Crippen LogP contribution in [0.4, 0.5) is 0 Å². The zero-order valence-electron chi connectivity index (χ0n) is 12.3. The van der Waals surface area contributed by atoms with Gasteiger partial charge in [0.1, 0.15) is 0 Å². The SMILES string of the molecule is C[C@H]1CCc2c(C(=O)N[C@H](C)[C@@H]3CCCO3)csc2C1. The Morgan fingerprint density at radius 2 is 2.35 bits per heavy atom. The van der Waals surface area contributed by atoms with Crippen LogP contribution in [0.3, 0.4) is 0 Å². The number of hydrogen-bond donors (Lipinski definition) is 1. The smallest absolute Gasteiger partial charge is 0.252 e. The summed E-state index contributed by atoms with van der Waals surface area (Å²) in [6.45, 7) is 5.17. The Kier molecular flexibility index (Phi) is 4.13. The Balaban J connectivity index is 1.68. The normalized spacial score (nSPS) is 27.1. The van der Waals surface area contributed by atoms with Crippen molar-refractivity contribution < 1.29 is 9.53 Å². The van der Waals surface area contributed by atoms with Crippen LogP contribution in [0.5, 0.6) is 0 Å². The Labute approximate surface area is 124 Å². The van der Waals surface area contributed by atoms with Crippen molar-refractivity contribution in [3.63, 3.8) is 0 Å². The zero-order valence-corrected chi connectivity index (χ0v) is 13.1. The third-order valence-corrected chi connectivity index (χ3v) is 5.58. The lowest BCUT2D eigenvalue weighted by atomic mass is 9.88. The molecule has 4 heteroatoms. The molecule has 1 amide bonds. The van der Waals surface area contributed by atoms with Crippen molar-refractivity contribution in [3.8, 4) is 0 Å². The highest BCUT2D eigenvalue weighted by atomic mass is 32.1. The van der Waals surface area contributed by atoms with Gasteiger partial charge in [-0.1, -0.05) is 6.92 Å². The molecule has 1 aromatic heterocycles. The summed E-state index contributed by atoms with van der Waals surface area (Å²) in [5, 5.41) is 5.17. The van der Waals surface area contributed by atoms with Gasteiger partial charge in [-0.15, -0.1) is 11.3 Å². The fraction of sp³-hybridized carbons (Fsp3) is 0.688. The van der Waals surface area contributed by atoms with Crippen molar-refractivity contribution in [2.75, 3.05) is 6.61 Å². The van der Waals surface area contributed by atoms with Gasteiger partial charge in [0.05, 0.1) is 17.7 Å². The van der Waals surface area contributed by atoms with E-state index in [1.54, 1.807) is 11.3 Å². The molecule has 0 unspecified atom stereocenters. The molecule has 3 rings (SSSR count). The van der Waals surface area contributed by atoms with Crippen LogP contribution in [-0.4, -0.2) is 24.7 Å². The van der Waals surface area contributed by atoms with E-state index in [1.807, 2.05) is 5.38 Å². The highest BCUT2D eigenvalue weighted by Crippen LogP contribution is 2.32. The molecule has 0 bridgehead atoms. The first kappa shape index (κ1) is 14.1. The summed E-state index contributed by atoms with van der Waals surface area (Å²) < 4.78 is 5.65. The molecule has 1 aliphatic carbocycles. The third kappa shape index (κ3) is 2.77. The van der Waals surface area contributed by atoms with Crippen LogP contribution in [0.1, 0.15) is 53.9 Å². The molecular formula is C16H23NO2S. The fourth-order valence-corrected chi connectivity index (χ4v) is 4.49. The third-order valence-electron chi connectivity index (χ3n) is 4.53. The summed E-state index contributed by atoms with van der Waals surface area (Å²) >= 11 is 1.75. The van der Waals surface area contributed by atoms with Crippen molar-refractivity contribution >= 4 is 17.2 Å². The second-order valence-corrected chi connectivity index (χ2v) is 7.18. The predicted octanol–water partition coefficient (Wildman–Crippen LogP) is 3.17. The Hall–Kier alpha value is -0.870. The number of thiophene rings is 1. The Bertz CT molecular complexity index is 491. The lowest BCUT2D eigenvalue weighted by Crippen LogP contribution is -2.41. The monoisotopic (exact) mass is 293 g/mol. The van der Waals surface area contributed by atoms with Crippen molar-refractivity contribution in [2.45, 2.75) is 58.1 Å². The van der Waals surface area contributed by atoms with Crippen molar-refractivity contribution in [1.82, 2.24) is 5.32 Å². The van der Waals surface area contributed by atoms with Gasteiger partial charge in [0.25, 0.3) is 5.91 Å². The molecule has 3 atom stereocenters. The number of nitrogens with one attached hydrogen (secondary N) is 1. The second kappa shape index (κ2) is 5.86. The summed E-state index contributed by atoms with van der Waals surface area (Å²) in [6, 6.07) is 0.100. The topological polar surface area (TPSA) is 38.3 Å². The number of fused-ring (bicyclic) bond motifs is 1. The van der Waals surface area contributed by atoms with E-state index in [9.17, 15) is 4.79 Å².